The molecule has 2 aromatic heterocycles. The molecule has 1 fully saturated rings. The average molecular weight is 440 g/mol. The second-order valence-corrected chi connectivity index (χ2v) is 8.47. The lowest BCUT2D eigenvalue weighted by Gasteiger charge is -2.35. The lowest BCUT2D eigenvalue weighted by Crippen LogP contribution is -2.49. The molecule has 3 aromatic rings. The summed E-state index contributed by atoms with van der Waals surface area (Å²) in [5, 5.41) is 9.75. The van der Waals surface area contributed by atoms with E-state index in [1.54, 1.807) is 14.2 Å². The van der Waals surface area contributed by atoms with Crippen LogP contribution in [0.2, 0.25) is 0 Å². The highest BCUT2D eigenvalue weighted by atomic mass is 32.1. The zero-order valence-electron chi connectivity index (χ0n) is 18.1. The molecule has 0 radical (unpaired) electrons. The monoisotopic (exact) mass is 439 g/mol. The van der Waals surface area contributed by atoms with Crippen LogP contribution >= 0.6 is 11.3 Å². The number of rotatable bonds is 5. The van der Waals surface area contributed by atoms with Crippen molar-refractivity contribution in [2.45, 2.75) is 13.8 Å². The molecule has 1 amide bonds. The molecule has 1 saturated heterocycles. The number of anilines is 1. The van der Waals surface area contributed by atoms with Gasteiger partial charge in [0.15, 0.2) is 5.82 Å². The van der Waals surface area contributed by atoms with Crippen LogP contribution in [0, 0.1) is 13.8 Å². The summed E-state index contributed by atoms with van der Waals surface area (Å²) < 4.78 is 10.8. The molecule has 8 nitrogen and oxygen atoms in total. The van der Waals surface area contributed by atoms with Gasteiger partial charge in [0.1, 0.15) is 16.4 Å². The number of carbonyl (C=O) groups is 1. The summed E-state index contributed by atoms with van der Waals surface area (Å²) in [5.41, 5.74) is 2.35. The van der Waals surface area contributed by atoms with Crippen LogP contribution in [0.1, 0.15) is 20.4 Å². The number of hydrogen-bond acceptors (Lipinski definition) is 8. The van der Waals surface area contributed by atoms with Crippen molar-refractivity contribution in [3.8, 4) is 22.8 Å². The van der Waals surface area contributed by atoms with Gasteiger partial charge in [-0.25, -0.2) is 4.98 Å². The van der Waals surface area contributed by atoms with Gasteiger partial charge in [0, 0.05) is 31.7 Å². The van der Waals surface area contributed by atoms with Crippen LogP contribution in [0.4, 0.5) is 5.82 Å². The molecule has 4 rings (SSSR count). The molecule has 1 aliphatic heterocycles. The summed E-state index contributed by atoms with van der Waals surface area (Å²) >= 11 is 1.46. The largest absolute Gasteiger partial charge is 0.497 e. The third kappa shape index (κ3) is 4.32. The Balaban J connectivity index is 1.44. The summed E-state index contributed by atoms with van der Waals surface area (Å²) in [6.07, 6.45) is 0. The fourth-order valence-corrected chi connectivity index (χ4v) is 4.55. The van der Waals surface area contributed by atoms with Crippen LogP contribution in [-0.4, -0.2) is 66.4 Å². The second kappa shape index (κ2) is 8.89. The minimum Gasteiger partial charge on any atom is -0.497 e. The number of methoxy groups -OCH3 is 2. The Kier molecular flexibility index (Phi) is 6.03. The number of thiazole rings is 1. The highest BCUT2D eigenvalue weighted by Crippen LogP contribution is 2.32. The van der Waals surface area contributed by atoms with Crippen molar-refractivity contribution in [2.24, 2.45) is 0 Å². The van der Waals surface area contributed by atoms with E-state index in [1.165, 1.54) is 11.3 Å². The van der Waals surface area contributed by atoms with E-state index >= 15 is 0 Å². The molecule has 0 atom stereocenters. The molecule has 0 aliphatic carbocycles. The summed E-state index contributed by atoms with van der Waals surface area (Å²) in [6.45, 7) is 6.51. The van der Waals surface area contributed by atoms with Gasteiger partial charge >= 0.3 is 0 Å². The van der Waals surface area contributed by atoms with E-state index in [2.05, 4.69) is 20.1 Å². The molecule has 0 unspecified atom stereocenters. The topological polar surface area (TPSA) is 80.7 Å². The van der Waals surface area contributed by atoms with Gasteiger partial charge in [-0.2, -0.15) is 0 Å². The zero-order chi connectivity index (χ0) is 22.0. The third-order valence-electron chi connectivity index (χ3n) is 5.32. The Bertz CT molecular complexity index is 1080. The van der Waals surface area contributed by atoms with E-state index in [4.69, 9.17) is 9.47 Å². The number of benzene rings is 1. The Labute approximate surface area is 185 Å². The first-order chi connectivity index (χ1) is 15.0. The number of amides is 1. The minimum absolute atomic E-state index is 0.0642. The molecular weight excluding hydrogens is 414 g/mol. The van der Waals surface area contributed by atoms with E-state index in [-0.39, 0.29) is 5.91 Å². The molecule has 0 N–H and O–H groups in total. The normalized spacial score (nSPS) is 13.9. The van der Waals surface area contributed by atoms with Crippen molar-refractivity contribution >= 4 is 23.1 Å². The van der Waals surface area contributed by atoms with E-state index in [9.17, 15) is 4.79 Å². The van der Waals surface area contributed by atoms with Crippen LogP contribution in [0.15, 0.2) is 30.3 Å². The molecular formula is C22H25N5O3S. The van der Waals surface area contributed by atoms with Gasteiger partial charge in [-0.1, -0.05) is 0 Å². The van der Waals surface area contributed by atoms with Crippen LogP contribution in [0.5, 0.6) is 11.5 Å². The van der Waals surface area contributed by atoms with E-state index in [0.29, 0.717) is 37.6 Å². The van der Waals surface area contributed by atoms with Gasteiger partial charge in [0.05, 0.1) is 30.6 Å². The highest BCUT2D eigenvalue weighted by Gasteiger charge is 2.25. The molecule has 0 saturated carbocycles. The first-order valence-corrected chi connectivity index (χ1v) is 10.9. The van der Waals surface area contributed by atoms with Crippen LogP contribution in [0.25, 0.3) is 11.3 Å². The van der Waals surface area contributed by atoms with Crippen molar-refractivity contribution in [3.63, 3.8) is 0 Å². The first-order valence-electron chi connectivity index (χ1n) is 10.0. The third-order valence-corrected chi connectivity index (χ3v) is 6.38. The number of ether oxygens (including phenoxy) is 2. The van der Waals surface area contributed by atoms with Crippen molar-refractivity contribution in [2.75, 3.05) is 45.3 Å². The summed E-state index contributed by atoms with van der Waals surface area (Å²) in [6, 6.07) is 9.47. The Morgan fingerprint density at radius 1 is 1.00 bits per heavy atom. The Morgan fingerprint density at radius 3 is 2.35 bits per heavy atom. The lowest BCUT2D eigenvalue weighted by molar-refractivity contribution is 0.0750. The number of hydrogen-bond donors (Lipinski definition) is 0. The molecule has 162 valence electrons. The highest BCUT2D eigenvalue weighted by molar-refractivity contribution is 7.13. The van der Waals surface area contributed by atoms with Crippen molar-refractivity contribution < 1.29 is 14.3 Å². The van der Waals surface area contributed by atoms with Gasteiger partial charge < -0.3 is 19.3 Å². The fourth-order valence-electron chi connectivity index (χ4n) is 3.66. The number of carbonyl (C=O) groups excluding carboxylic acids is 1. The molecule has 31 heavy (non-hydrogen) atoms. The quantitative estimate of drug-likeness (QED) is 0.604. The van der Waals surface area contributed by atoms with Crippen LogP contribution < -0.4 is 14.4 Å². The van der Waals surface area contributed by atoms with Gasteiger partial charge in [0.25, 0.3) is 5.91 Å². The summed E-state index contributed by atoms with van der Waals surface area (Å²) in [7, 11) is 3.26. The van der Waals surface area contributed by atoms with Gasteiger partial charge in [-0.05, 0) is 44.2 Å². The number of aromatic nitrogens is 3. The maximum Gasteiger partial charge on any atom is 0.265 e. The number of nitrogens with zero attached hydrogens (tertiary/aromatic N) is 5. The zero-order valence-corrected chi connectivity index (χ0v) is 18.9. The Hall–Kier alpha value is -3.20. The summed E-state index contributed by atoms with van der Waals surface area (Å²) in [4.78, 5) is 22.0. The Morgan fingerprint density at radius 2 is 1.77 bits per heavy atom. The average Bonchev–Trinajstić information content (AvgIpc) is 3.16. The standard InChI is InChI=1S/C22H25N5O3S/c1-14-21(31-15(2)23-14)22(28)27-11-9-26(10-12-27)20-8-6-18(24-25-20)17-13-16(29-3)5-7-19(17)30-4/h5-8,13H,9-12H2,1-4H3. The second-order valence-electron chi connectivity index (χ2n) is 7.27. The van der Waals surface area contributed by atoms with Crippen LogP contribution in [-0.2, 0) is 0 Å². The van der Waals surface area contributed by atoms with Gasteiger partial charge in [-0.15, -0.1) is 21.5 Å². The van der Waals surface area contributed by atoms with Gasteiger partial charge in [-0.3, -0.25) is 4.79 Å². The molecule has 3 heterocycles. The van der Waals surface area contributed by atoms with Gasteiger partial charge in [0.2, 0.25) is 0 Å². The van der Waals surface area contributed by atoms with E-state index in [0.717, 1.165) is 32.7 Å². The summed E-state index contributed by atoms with van der Waals surface area (Å²) in [5.74, 6) is 2.30. The predicted octanol–water partition coefficient (Wildman–Crippen LogP) is 3.20. The van der Waals surface area contributed by atoms with E-state index in [1.807, 2.05) is 49.1 Å². The fraction of sp³-hybridized carbons (Fsp3) is 0.364. The molecule has 1 aliphatic rings. The molecule has 0 bridgehead atoms. The molecule has 0 spiro atoms. The molecule has 1 aromatic carbocycles. The predicted molar refractivity (Wildman–Crippen MR) is 120 cm³/mol. The molecule has 9 heteroatoms. The number of aryl methyl sites for hydroxylation is 2. The van der Waals surface area contributed by atoms with Crippen molar-refractivity contribution in [1.29, 1.82) is 0 Å². The smallest absolute Gasteiger partial charge is 0.265 e. The van der Waals surface area contributed by atoms with E-state index < -0.39 is 0 Å². The lowest BCUT2D eigenvalue weighted by atomic mass is 10.1. The van der Waals surface area contributed by atoms with Crippen molar-refractivity contribution in [3.05, 3.63) is 45.9 Å². The first kappa shape index (κ1) is 21.0. The maximum atomic E-state index is 12.8. The maximum absolute atomic E-state index is 12.8. The van der Waals surface area contributed by atoms with Crippen LogP contribution in [0.3, 0.4) is 0 Å². The number of piperazine rings is 1. The SMILES string of the molecule is COc1ccc(OC)c(-c2ccc(N3CCN(C(=O)c4sc(C)nc4C)CC3)nn2)c1. The van der Waals surface area contributed by atoms with Crippen molar-refractivity contribution in [1.82, 2.24) is 20.1 Å². The minimum atomic E-state index is 0.0642.